The summed E-state index contributed by atoms with van der Waals surface area (Å²) in [6.45, 7) is 0. The molecule has 0 radical (unpaired) electrons. The zero-order valence-electron chi connectivity index (χ0n) is 10.1. The van der Waals surface area contributed by atoms with Crippen molar-refractivity contribution in [1.82, 2.24) is 4.90 Å². The van der Waals surface area contributed by atoms with E-state index in [9.17, 15) is 0 Å². The molecule has 0 atom stereocenters. The number of benzene rings is 1. The number of guanidine groups is 1. The predicted octanol–water partition coefficient (Wildman–Crippen LogP) is 1.49. The van der Waals surface area contributed by atoms with Gasteiger partial charge < -0.3 is 12.6 Å². The molecule has 3 nitrogen and oxygen atoms in total. The highest BCUT2D eigenvalue weighted by Crippen LogP contribution is 2.09. The summed E-state index contributed by atoms with van der Waals surface area (Å²) in [6, 6.07) is 7.64. The van der Waals surface area contributed by atoms with Crippen molar-refractivity contribution in [2.24, 2.45) is 5.73 Å². The Hall–Kier alpha value is -0.810. The second-order valence-electron chi connectivity index (χ2n) is 3.60. The smallest absolute Gasteiger partial charge is 0.344 e. The maximum atomic E-state index is 5.53. The van der Waals surface area contributed by atoms with Gasteiger partial charge in [0.2, 0.25) is 0 Å². The summed E-state index contributed by atoms with van der Waals surface area (Å²) in [5.41, 5.74) is 5.53. The Labute approximate surface area is 111 Å². The van der Waals surface area contributed by atoms with Crippen LogP contribution in [0.3, 0.4) is 0 Å². The first kappa shape index (κ1) is 15.2. The Morgan fingerprint density at radius 2 is 1.69 bits per heavy atom. The lowest BCUT2D eigenvalue weighted by Gasteiger charge is -2.04. The third-order valence-corrected chi connectivity index (χ3v) is 2.53. The predicted molar refractivity (Wildman–Crippen MR) is 74.8 cm³/mol. The lowest BCUT2D eigenvalue weighted by molar-refractivity contribution is -0.470. The van der Waals surface area contributed by atoms with Crippen LogP contribution >= 0.6 is 15.9 Å². The number of rotatable bonds is 0. The normalized spacial score (nSPS) is 8.81. The molecule has 1 aromatic rings. The van der Waals surface area contributed by atoms with Crippen molar-refractivity contribution < 1.29 is 4.58 Å². The van der Waals surface area contributed by atoms with Gasteiger partial charge in [0.05, 0.1) is 28.2 Å². The van der Waals surface area contributed by atoms with E-state index in [-0.39, 0.29) is 0 Å². The van der Waals surface area contributed by atoms with Crippen molar-refractivity contribution in [2.45, 2.75) is 4.90 Å². The van der Waals surface area contributed by atoms with E-state index in [0.717, 1.165) is 15.3 Å². The van der Waals surface area contributed by atoms with Crippen LogP contribution in [0.4, 0.5) is 0 Å². The number of nitrogens with zero attached hydrogens (tertiary/aromatic N) is 2. The van der Waals surface area contributed by atoms with Crippen LogP contribution in [0.2, 0.25) is 0 Å². The first-order valence-electron chi connectivity index (χ1n) is 4.74. The van der Waals surface area contributed by atoms with Gasteiger partial charge in [-0.3, -0.25) is 15.2 Å². The van der Waals surface area contributed by atoms with Crippen molar-refractivity contribution >= 4 is 34.5 Å². The number of nitrogens with two attached hydrogens (primary N) is 1. The van der Waals surface area contributed by atoms with Crippen LogP contribution in [0.25, 0.3) is 0 Å². The molecule has 0 heterocycles. The zero-order chi connectivity index (χ0) is 12.7. The SMILES string of the molecule is CN(C)C(N)=[N+](C)C.[S-]c1ccc(Br)cc1. The van der Waals surface area contributed by atoms with Gasteiger partial charge in [0.25, 0.3) is 0 Å². The fraction of sp³-hybridized carbons (Fsp3) is 0.364. The van der Waals surface area contributed by atoms with Gasteiger partial charge in [0.1, 0.15) is 0 Å². The molecule has 0 unspecified atom stereocenters. The van der Waals surface area contributed by atoms with E-state index in [1.165, 1.54) is 0 Å². The number of hydrogen-bond acceptors (Lipinski definition) is 1. The highest BCUT2D eigenvalue weighted by Gasteiger charge is 2.00. The first-order chi connectivity index (χ1) is 7.34. The van der Waals surface area contributed by atoms with Gasteiger partial charge >= 0.3 is 5.96 Å². The standard InChI is InChI=1S/C6H5BrS.C5H13N3/c7-5-1-3-6(8)4-2-5;1-7(2)5(6)8(3)4/h1-4,8H;6H,1-4H3. The molecule has 0 aliphatic carbocycles. The summed E-state index contributed by atoms with van der Waals surface area (Å²) < 4.78 is 2.94. The van der Waals surface area contributed by atoms with Gasteiger partial charge in [0.15, 0.2) is 0 Å². The largest absolute Gasteiger partial charge is 0.780 e. The second kappa shape index (κ2) is 7.46. The highest BCUT2D eigenvalue weighted by atomic mass is 79.9. The van der Waals surface area contributed by atoms with Crippen LogP contribution in [0.15, 0.2) is 33.6 Å². The Balaban J connectivity index is 0.000000281. The van der Waals surface area contributed by atoms with Crippen molar-refractivity contribution in [3.8, 4) is 0 Å². The zero-order valence-corrected chi connectivity index (χ0v) is 12.5. The van der Waals surface area contributed by atoms with Gasteiger partial charge in [-0.05, 0) is 12.1 Å². The van der Waals surface area contributed by atoms with Crippen LogP contribution in [0.5, 0.6) is 0 Å². The molecule has 0 aliphatic rings. The molecule has 16 heavy (non-hydrogen) atoms. The molecule has 0 aromatic heterocycles. The average Bonchev–Trinajstić information content (AvgIpc) is 2.22. The molecule has 1 rings (SSSR count). The van der Waals surface area contributed by atoms with Crippen LogP contribution in [-0.2, 0) is 12.6 Å². The van der Waals surface area contributed by atoms with Crippen LogP contribution < -0.4 is 5.73 Å². The summed E-state index contributed by atoms with van der Waals surface area (Å²) in [4.78, 5) is 2.74. The van der Waals surface area contributed by atoms with Crippen molar-refractivity contribution in [1.29, 1.82) is 0 Å². The summed E-state index contributed by atoms with van der Waals surface area (Å²) in [6.07, 6.45) is 0. The van der Waals surface area contributed by atoms with E-state index < -0.39 is 0 Å². The molecule has 0 saturated carbocycles. The summed E-state index contributed by atoms with van der Waals surface area (Å²) >= 11 is 8.15. The molecule has 1 aromatic carbocycles. The quantitative estimate of drug-likeness (QED) is 0.341. The molecular formula is C11H18BrN3S. The van der Waals surface area contributed by atoms with Gasteiger partial charge in [-0.2, -0.15) is 4.90 Å². The average molecular weight is 304 g/mol. The second-order valence-corrected chi connectivity index (χ2v) is 4.99. The van der Waals surface area contributed by atoms with Gasteiger partial charge in [-0.1, -0.05) is 28.1 Å². The van der Waals surface area contributed by atoms with E-state index >= 15 is 0 Å². The molecule has 2 N–H and O–H groups in total. The fourth-order valence-corrected chi connectivity index (χ4v) is 1.24. The van der Waals surface area contributed by atoms with Crippen LogP contribution in [0.1, 0.15) is 0 Å². The van der Waals surface area contributed by atoms with Crippen molar-refractivity contribution in [3.63, 3.8) is 0 Å². The lowest BCUT2D eigenvalue weighted by atomic mass is 10.4. The minimum Gasteiger partial charge on any atom is -0.780 e. The topological polar surface area (TPSA) is 32.3 Å². The molecule has 0 saturated heterocycles. The van der Waals surface area contributed by atoms with Crippen LogP contribution in [-0.4, -0.2) is 43.6 Å². The molecule has 0 amide bonds. The van der Waals surface area contributed by atoms with E-state index in [2.05, 4.69) is 15.9 Å². The Morgan fingerprint density at radius 3 is 1.88 bits per heavy atom. The maximum absolute atomic E-state index is 5.53. The van der Waals surface area contributed by atoms with E-state index in [1.807, 2.05) is 61.9 Å². The molecule has 0 fully saturated rings. The summed E-state index contributed by atoms with van der Waals surface area (Å²) in [7, 11) is 7.65. The Morgan fingerprint density at radius 1 is 1.25 bits per heavy atom. The first-order valence-corrected chi connectivity index (χ1v) is 5.94. The Kier molecular flexibility index (Phi) is 7.08. The molecule has 0 spiro atoms. The van der Waals surface area contributed by atoms with Crippen molar-refractivity contribution in [3.05, 3.63) is 28.7 Å². The maximum Gasteiger partial charge on any atom is 0.344 e. The number of halogens is 1. The van der Waals surface area contributed by atoms with Crippen molar-refractivity contribution in [2.75, 3.05) is 28.2 Å². The molecule has 0 aliphatic heterocycles. The molecule has 5 heteroatoms. The van der Waals surface area contributed by atoms with Crippen LogP contribution in [0, 0.1) is 0 Å². The molecular weight excluding hydrogens is 286 g/mol. The van der Waals surface area contributed by atoms with Gasteiger partial charge in [-0.25, -0.2) is 0 Å². The monoisotopic (exact) mass is 303 g/mol. The summed E-state index contributed by atoms with van der Waals surface area (Å²) in [5, 5.41) is 0. The minimum absolute atomic E-state index is 0.769. The lowest BCUT2D eigenvalue weighted by Crippen LogP contribution is -2.36. The third-order valence-electron chi connectivity index (χ3n) is 1.73. The van der Waals surface area contributed by atoms with Gasteiger partial charge in [-0.15, -0.1) is 0 Å². The third kappa shape index (κ3) is 6.63. The van der Waals surface area contributed by atoms with E-state index in [1.54, 1.807) is 0 Å². The fourth-order valence-electron chi connectivity index (χ4n) is 0.835. The minimum atomic E-state index is 0.769. The van der Waals surface area contributed by atoms with Gasteiger partial charge in [0, 0.05) is 4.47 Å². The highest BCUT2D eigenvalue weighted by molar-refractivity contribution is 9.10. The summed E-state index contributed by atoms with van der Waals surface area (Å²) in [5.74, 6) is 0.769. The number of hydrogen-bond donors (Lipinski definition) is 1. The molecule has 0 bridgehead atoms. The van der Waals surface area contributed by atoms with E-state index in [4.69, 9.17) is 18.4 Å². The van der Waals surface area contributed by atoms with E-state index in [0.29, 0.717) is 0 Å². The molecule has 90 valence electrons. The Bertz CT molecular complexity index is 322.